The highest BCUT2D eigenvalue weighted by Gasteiger charge is 2.21. The second-order valence-corrected chi connectivity index (χ2v) is 10.5. The minimum atomic E-state index is -0.500. The summed E-state index contributed by atoms with van der Waals surface area (Å²) in [5.41, 5.74) is 2.47. The molecule has 1 aromatic heterocycles. The summed E-state index contributed by atoms with van der Waals surface area (Å²) in [6.07, 6.45) is 2.18. The molecule has 1 atom stereocenters. The fraction of sp³-hybridized carbons (Fsp3) is 0.222. The lowest BCUT2D eigenvalue weighted by molar-refractivity contribution is -0.386. The van der Waals surface area contributed by atoms with Crippen LogP contribution in [-0.4, -0.2) is 20.8 Å². The molecule has 10 heteroatoms. The van der Waals surface area contributed by atoms with Crippen molar-refractivity contribution in [3.8, 4) is 5.75 Å². The fourth-order valence-electron chi connectivity index (χ4n) is 3.81. The first kappa shape index (κ1) is 26.7. The molecule has 0 spiro atoms. The van der Waals surface area contributed by atoms with Crippen LogP contribution in [0.25, 0.3) is 10.9 Å². The average Bonchev–Trinajstić information content (AvgIpc) is 2.87. The number of aryl methyl sites for hydroxylation is 1. The molecule has 0 radical (unpaired) electrons. The van der Waals surface area contributed by atoms with Gasteiger partial charge in [-0.1, -0.05) is 59.6 Å². The summed E-state index contributed by atoms with van der Waals surface area (Å²) in [5.74, 6) is 0.611. The summed E-state index contributed by atoms with van der Waals surface area (Å²) >= 11 is 6.81. The van der Waals surface area contributed by atoms with Gasteiger partial charge in [-0.05, 0) is 59.1 Å². The molecule has 37 heavy (non-hydrogen) atoms. The van der Waals surface area contributed by atoms with Crippen molar-refractivity contribution >= 4 is 54.7 Å². The van der Waals surface area contributed by atoms with Crippen molar-refractivity contribution in [1.29, 1.82) is 0 Å². The number of halogens is 2. The molecule has 4 rings (SSSR count). The van der Waals surface area contributed by atoms with Gasteiger partial charge in [-0.25, -0.2) is 4.98 Å². The molecule has 0 aliphatic rings. The van der Waals surface area contributed by atoms with Crippen LogP contribution in [0.4, 0.5) is 5.69 Å². The predicted octanol–water partition coefficient (Wildman–Crippen LogP) is 7.11. The Morgan fingerprint density at radius 3 is 2.68 bits per heavy atom. The van der Waals surface area contributed by atoms with Crippen molar-refractivity contribution in [3.05, 3.63) is 107 Å². The molecule has 0 bridgehead atoms. The molecule has 8 nitrogen and oxygen atoms in total. The second-order valence-electron chi connectivity index (χ2n) is 8.69. The molecule has 0 N–H and O–H groups in total. The number of nitro benzene ring substituents is 1. The van der Waals surface area contributed by atoms with Gasteiger partial charge < -0.3 is 4.74 Å². The summed E-state index contributed by atoms with van der Waals surface area (Å²) in [7, 11) is 0. The van der Waals surface area contributed by atoms with Crippen LogP contribution in [0.1, 0.15) is 48.7 Å². The van der Waals surface area contributed by atoms with Crippen LogP contribution in [0.15, 0.2) is 73.4 Å². The van der Waals surface area contributed by atoms with E-state index in [9.17, 15) is 14.9 Å². The maximum atomic E-state index is 13.3. The Balaban J connectivity index is 1.74. The van der Waals surface area contributed by atoms with Gasteiger partial charge in [0.1, 0.15) is 12.4 Å². The van der Waals surface area contributed by atoms with Gasteiger partial charge in [-0.2, -0.15) is 9.78 Å². The van der Waals surface area contributed by atoms with E-state index in [0.29, 0.717) is 26.8 Å². The van der Waals surface area contributed by atoms with Crippen LogP contribution in [0.2, 0.25) is 0 Å². The van der Waals surface area contributed by atoms with Gasteiger partial charge in [0.25, 0.3) is 5.56 Å². The maximum Gasteiger partial charge on any atom is 0.312 e. The molecule has 0 aliphatic heterocycles. The van der Waals surface area contributed by atoms with Gasteiger partial charge in [0, 0.05) is 22.0 Å². The van der Waals surface area contributed by atoms with E-state index in [0.717, 1.165) is 22.0 Å². The third-order valence-corrected chi connectivity index (χ3v) is 7.00. The molecule has 1 heterocycles. The molecule has 0 unspecified atom stereocenters. The minimum Gasteiger partial charge on any atom is -0.481 e. The van der Waals surface area contributed by atoms with E-state index in [1.807, 2.05) is 51.1 Å². The third-order valence-electron chi connectivity index (χ3n) is 5.92. The molecule has 4 aromatic rings. The van der Waals surface area contributed by atoms with E-state index >= 15 is 0 Å². The van der Waals surface area contributed by atoms with E-state index in [1.165, 1.54) is 17.0 Å². The minimum absolute atomic E-state index is 0.0311. The monoisotopic (exact) mass is 626 g/mol. The number of fused-ring (bicyclic) bond motifs is 1. The zero-order valence-electron chi connectivity index (χ0n) is 20.4. The van der Waals surface area contributed by atoms with Crippen molar-refractivity contribution in [2.45, 2.75) is 39.7 Å². The molecule has 3 aromatic carbocycles. The van der Waals surface area contributed by atoms with Crippen LogP contribution in [0.3, 0.4) is 0 Å². The van der Waals surface area contributed by atoms with E-state index in [2.05, 4.69) is 41.9 Å². The van der Waals surface area contributed by atoms with Crippen molar-refractivity contribution < 1.29 is 9.66 Å². The van der Waals surface area contributed by atoms with Gasteiger partial charge in [0.05, 0.1) is 26.5 Å². The third kappa shape index (κ3) is 5.97. The number of ether oxygens (including phenoxy) is 1. The SMILES string of the molecule is CC[C@H](C)c1nc2ccc(Br)cc2c(=O)n1N=Cc1cc(Br)c(OCc2cccc(C)c2)c([N+](=O)[O-])c1. The summed E-state index contributed by atoms with van der Waals surface area (Å²) in [5, 5.41) is 16.7. The lowest BCUT2D eigenvalue weighted by Crippen LogP contribution is -2.23. The topological polar surface area (TPSA) is 99.6 Å². The molecule has 0 aliphatic carbocycles. The molecule has 0 fully saturated rings. The number of benzene rings is 3. The standard InChI is InChI=1S/C27H24Br2N4O4/c1-4-17(3)26-31-23-9-8-20(28)13-21(23)27(34)32(26)30-14-19-11-22(29)25(24(12-19)33(35)36)37-15-18-7-5-6-16(2)10-18/h5-14,17H,4,15H2,1-3H3/t17-/m0/s1. The van der Waals surface area contributed by atoms with E-state index in [4.69, 9.17) is 4.74 Å². The van der Waals surface area contributed by atoms with Gasteiger partial charge in [-0.15, -0.1) is 0 Å². The summed E-state index contributed by atoms with van der Waals surface area (Å²) in [6.45, 7) is 6.13. The number of aromatic nitrogens is 2. The highest BCUT2D eigenvalue weighted by atomic mass is 79.9. The maximum absolute atomic E-state index is 13.3. The quantitative estimate of drug-likeness (QED) is 0.118. The lowest BCUT2D eigenvalue weighted by Gasteiger charge is -2.14. The van der Waals surface area contributed by atoms with E-state index in [-0.39, 0.29) is 29.5 Å². The predicted molar refractivity (Wildman–Crippen MR) is 152 cm³/mol. The number of hydrogen-bond donors (Lipinski definition) is 0. The van der Waals surface area contributed by atoms with Crippen LogP contribution in [0.5, 0.6) is 5.75 Å². The van der Waals surface area contributed by atoms with Gasteiger partial charge in [0.15, 0.2) is 0 Å². The largest absolute Gasteiger partial charge is 0.481 e. The highest BCUT2D eigenvalue weighted by Crippen LogP contribution is 2.36. The lowest BCUT2D eigenvalue weighted by atomic mass is 10.1. The number of rotatable bonds is 8. The molecule has 0 saturated carbocycles. The van der Waals surface area contributed by atoms with E-state index in [1.54, 1.807) is 18.2 Å². The second kappa shape index (κ2) is 11.4. The molecule has 0 saturated heterocycles. The Labute approximate surface area is 230 Å². The van der Waals surface area contributed by atoms with Crippen molar-refractivity contribution in [2.75, 3.05) is 0 Å². The van der Waals surface area contributed by atoms with Gasteiger partial charge in [-0.3, -0.25) is 14.9 Å². The zero-order valence-corrected chi connectivity index (χ0v) is 23.6. The molecular formula is C27H24Br2N4O4. The zero-order chi connectivity index (χ0) is 26.7. The Kier molecular flexibility index (Phi) is 8.19. The molecular weight excluding hydrogens is 604 g/mol. The van der Waals surface area contributed by atoms with Crippen LogP contribution >= 0.6 is 31.9 Å². The summed E-state index contributed by atoms with van der Waals surface area (Å²) in [6, 6.07) is 16.1. The summed E-state index contributed by atoms with van der Waals surface area (Å²) < 4.78 is 8.26. The van der Waals surface area contributed by atoms with Crippen molar-refractivity contribution in [2.24, 2.45) is 5.10 Å². The van der Waals surface area contributed by atoms with Crippen LogP contribution in [-0.2, 0) is 6.61 Å². The van der Waals surface area contributed by atoms with Gasteiger partial charge in [0.2, 0.25) is 5.75 Å². The van der Waals surface area contributed by atoms with Crippen molar-refractivity contribution in [3.63, 3.8) is 0 Å². The normalized spacial score (nSPS) is 12.2. The Morgan fingerprint density at radius 2 is 1.97 bits per heavy atom. The number of nitro groups is 1. The Hall–Kier alpha value is -3.37. The Morgan fingerprint density at radius 1 is 1.19 bits per heavy atom. The summed E-state index contributed by atoms with van der Waals surface area (Å²) in [4.78, 5) is 29.4. The highest BCUT2D eigenvalue weighted by molar-refractivity contribution is 9.10. The van der Waals surface area contributed by atoms with Crippen LogP contribution in [0, 0.1) is 17.0 Å². The Bertz CT molecular complexity index is 1580. The first-order chi connectivity index (χ1) is 17.7. The average molecular weight is 628 g/mol. The number of hydrogen-bond acceptors (Lipinski definition) is 6. The number of nitrogens with zero attached hydrogens (tertiary/aromatic N) is 4. The molecule has 190 valence electrons. The van der Waals surface area contributed by atoms with Crippen molar-refractivity contribution in [1.82, 2.24) is 9.66 Å². The first-order valence-electron chi connectivity index (χ1n) is 11.6. The van der Waals surface area contributed by atoms with E-state index < -0.39 is 4.92 Å². The van der Waals surface area contributed by atoms with Gasteiger partial charge >= 0.3 is 5.69 Å². The molecule has 0 amide bonds. The van der Waals surface area contributed by atoms with Crippen LogP contribution < -0.4 is 10.3 Å². The first-order valence-corrected chi connectivity index (χ1v) is 13.2. The smallest absolute Gasteiger partial charge is 0.312 e. The fourth-order valence-corrected chi connectivity index (χ4v) is 4.76.